The van der Waals surface area contributed by atoms with E-state index < -0.39 is 0 Å². The average molecular weight is 310 g/mol. The largest absolute Gasteiger partial charge is 0.378 e. The van der Waals surface area contributed by atoms with Gasteiger partial charge in [-0.2, -0.15) is 0 Å². The molecular weight excluding hydrogens is 288 g/mol. The number of fused-ring (bicyclic) bond motifs is 1. The van der Waals surface area contributed by atoms with E-state index in [-0.39, 0.29) is 6.03 Å². The molecule has 1 aromatic rings. The zero-order chi connectivity index (χ0) is 14.7. The molecule has 21 heavy (non-hydrogen) atoms. The number of nitrogens with zero attached hydrogens (tertiary/aromatic N) is 3. The molecule has 0 aliphatic carbocycles. The standard InChI is InChI=1S/C14H22N4O2S/c1-2-13-16-11(10-21-13)7-15-14(19)18-4-3-17-5-6-20-9-12(17)8-18/h10,12H,2-9H2,1H3,(H,15,19)/t12-/m0/s1. The van der Waals surface area contributed by atoms with E-state index in [9.17, 15) is 4.79 Å². The number of amides is 2. The number of rotatable bonds is 3. The monoisotopic (exact) mass is 310 g/mol. The lowest BCUT2D eigenvalue weighted by Crippen LogP contribution is -2.60. The molecule has 0 radical (unpaired) electrons. The summed E-state index contributed by atoms with van der Waals surface area (Å²) in [6.45, 7) is 7.62. The van der Waals surface area contributed by atoms with E-state index in [4.69, 9.17) is 4.74 Å². The number of morpholine rings is 1. The van der Waals surface area contributed by atoms with Crippen LogP contribution in [0.25, 0.3) is 0 Å². The number of urea groups is 1. The molecule has 6 nitrogen and oxygen atoms in total. The lowest BCUT2D eigenvalue weighted by Gasteiger charge is -2.43. The number of hydrogen-bond donors (Lipinski definition) is 1. The predicted molar refractivity (Wildman–Crippen MR) is 81.5 cm³/mol. The van der Waals surface area contributed by atoms with Gasteiger partial charge in [-0.3, -0.25) is 4.90 Å². The SMILES string of the molecule is CCc1nc(CNC(=O)N2CCN3CCOC[C@@H]3C2)cs1. The van der Waals surface area contributed by atoms with Crippen molar-refractivity contribution < 1.29 is 9.53 Å². The van der Waals surface area contributed by atoms with Crippen LogP contribution in [0.5, 0.6) is 0 Å². The molecule has 2 fully saturated rings. The summed E-state index contributed by atoms with van der Waals surface area (Å²) in [4.78, 5) is 21.0. The first-order chi connectivity index (χ1) is 10.3. The maximum absolute atomic E-state index is 12.3. The van der Waals surface area contributed by atoms with Crippen LogP contribution < -0.4 is 5.32 Å². The van der Waals surface area contributed by atoms with Gasteiger partial charge in [0.05, 0.1) is 36.5 Å². The fourth-order valence-corrected chi connectivity index (χ4v) is 3.55. The second kappa shape index (κ2) is 6.72. The first-order valence-corrected chi connectivity index (χ1v) is 8.42. The molecular formula is C14H22N4O2S. The van der Waals surface area contributed by atoms with Crippen LogP contribution in [0.3, 0.4) is 0 Å². The van der Waals surface area contributed by atoms with Gasteiger partial charge in [0.1, 0.15) is 0 Å². The Bertz CT molecular complexity index is 493. The number of carbonyl (C=O) groups excluding carboxylic acids is 1. The molecule has 7 heteroatoms. The first-order valence-electron chi connectivity index (χ1n) is 7.54. The molecule has 0 unspecified atom stereocenters. The van der Waals surface area contributed by atoms with Crippen molar-refractivity contribution in [1.82, 2.24) is 20.1 Å². The summed E-state index contributed by atoms with van der Waals surface area (Å²) in [6.07, 6.45) is 0.947. The summed E-state index contributed by atoms with van der Waals surface area (Å²) in [7, 11) is 0. The normalized spacial score (nSPS) is 22.9. The van der Waals surface area contributed by atoms with Crippen molar-refractivity contribution in [2.45, 2.75) is 25.9 Å². The molecule has 2 aliphatic heterocycles. The predicted octanol–water partition coefficient (Wildman–Crippen LogP) is 0.931. The quantitative estimate of drug-likeness (QED) is 0.902. The van der Waals surface area contributed by atoms with Gasteiger partial charge in [-0.15, -0.1) is 11.3 Å². The highest BCUT2D eigenvalue weighted by Crippen LogP contribution is 2.14. The van der Waals surface area contributed by atoms with Gasteiger partial charge in [-0.25, -0.2) is 9.78 Å². The Morgan fingerprint density at radius 3 is 3.24 bits per heavy atom. The number of aryl methyl sites for hydroxylation is 1. The summed E-state index contributed by atoms with van der Waals surface area (Å²) in [5.74, 6) is 0. The Hall–Kier alpha value is -1.18. The third kappa shape index (κ3) is 3.53. The van der Waals surface area contributed by atoms with Crippen molar-refractivity contribution in [2.75, 3.05) is 39.4 Å². The molecule has 3 heterocycles. The van der Waals surface area contributed by atoms with Gasteiger partial charge in [-0.1, -0.05) is 6.92 Å². The Morgan fingerprint density at radius 2 is 2.43 bits per heavy atom. The summed E-state index contributed by atoms with van der Waals surface area (Å²) in [5.41, 5.74) is 0.949. The Labute approximate surface area is 129 Å². The van der Waals surface area contributed by atoms with Crippen LogP contribution in [0.2, 0.25) is 0 Å². The maximum Gasteiger partial charge on any atom is 0.317 e. The first kappa shape index (κ1) is 14.7. The van der Waals surface area contributed by atoms with E-state index in [1.165, 1.54) is 0 Å². The van der Waals surface area contributed by atoms with E-state index >= 15 is 0 Å². The Kier molecular flexibility index (Phi) is 4.72. The van der Waals surface area contributed by atoms with Gasteiger partial charge in [0, 0.05) is 31.6 Å². The maximum atomic E-state index is 12.3. The molecule has 0 spiro atoms. The minimum Gasteiger partial charge on any atom is -0.378 e. The summed E-state index contributed by atoms with van der Waals surface area (Å²) >= 11 is 1.65. The van der Waals surface area contributed by atoms with Gasteiger partial charge in [-0.05, 0) is 6.42 Å². The zero-order valence-corrected chi connectivity index (χ0v) is 13.2. The fraction of sp³-hybridized carbons (Fsp3) is 0.714. The molecule has 2 saturated heterocycles. The van der Waals surface area contributed by atoms with Gasteiger partial charge in [0.2, 0.25) is 0 Å². The van der Waals surface area contributed by atoms with Crippen LogP contribution in [0, 0.1) is 0 Å². The molecule has 2 aliphatic rings. The molecule has 2 amide bonds. The van der Waals surface area contributed by atoms with Crippen molar-refractivity contribution in [3.05, 3.63) is 16.1 Å². The highest BCUT2D eigenvalue weighted by atomic mass is 32.1. The molecule has 3 rings (SSSR count). The highest BCUT2D eigenvalue weighted by molar-refractivity contribution is 7.09. The second-order valence-electron chi connectivity index (χ2n) is 5.46. The van der Waals surface area contributed by atoms with Crippen molar-refractivity contribution in [3.8, 4) is 0 Å². The number of thiazole rings is 1. The van der Waals surface area contributed by atoms with Crippen molar-refractivity contribution in [2.24, 2.45) is 0 Å². The molecule has 1 atom stereocenters. The van der Waals surface area contributed by atoms with Crippen molar-refractivity contribution >= 4 is 17.4 Å². The molecule has 1 aromatic heterocycles. The lowest BCUT2D eigenvalue weighted by atomic mass is 10.1. The van der Waals surface area contributed by atoms with E-state index in [1.54, 1.807) is 11.3 Å². The van der Waals surface area contributed by atoms with Crippen molar-refractivity contribution in [1.29, 1.82) is 0 Å². The van der Waals surface area contributed by atoms with E-state index in [1.807, 2.05) is 10.3 Å². The third-order valence-corrected chi connectivity index (χ3v) is 5.09. The van der Waals surface area contributed by atoms with Crippen LogP contribution in [0.15, 0.2) is 5.38 Å². The number of nitrogens with one attached hydrogen (secondary N) is 1. The molecule has 1 N–H and O–H groups in total. The van der Waals surface area contributed by atoms with Crippen LogP contribution in [0.1, 0.15) is 17.6 Å². The highest BCUT2D eigenvalue weighted by Gasteiger charge is 2.31. The smallest absolute Gasteiger partial charge is 0.317 e. The van der Waals surface area contributed by atoms with E-state index in [2.05, 4.69) is 22.1 Å². The number of aromatic nitrogens is 1. The second-order valence-corrected chi connectivity index (χ2v) is 6.40. The number of carbonyl (C=O) groups is 1. The van der Waals surface area contributed by atoms with Crippen molar-refractivity contribution in [3.63, 3.8) is 0 Å². The minimum absolute atomic E-state index is 0.00581. The van der Waals surface area contributed by atoms with Gasteiger partial charge >= 0.3 is 6.03 Å². The summed E-state index contributed by atoms with van der Waals surface area (Å²) in [6, 6.07) is 0.357. The lowest BCUT2D eigenvalue weighted by molar-refractivity contribution is -0.0365. The zero-order valence-electron chi connectivity index (χ0n) is 12.4. The van der Waals surface area contributed by atoms with E-state index in [0.717, 1.165) is 56.5 Å². The van der Waals surface area contributed by atoms with Crippen LogP contribution in [-0.4, -0.2) is 66.2 Å². The van der Waals surface area contributed by atoms with Crippen LogP contribution in [-0.2, 0) is 17.7 Å². The summed E-state index contributed by atoms with van der Waals surface area (Å²) < 4.78 is 5.50. The van der Waals surface area contributed by atoms with Crippen LogP contribution >= 0.6 is 11.3 Å². The molecule has 0 bridgehead atoms. The number of ether oxygens (including phenoxy) is 1. The molecule has 0 saturated carbocycles. The van der Waals surface area contributed by atoms with Gasteiger partial charge in [0.15, 0.2) is 0 Å². The number of piperazine rings is 1. The van der Waals surface area contributed by atoms with Gasteiger partial charge in [0.25, 0.3) is 0 Å². The Balaban J connectivity index is 1.49. The third-order valence-electron chi connectivity index (χ3n) is 4.05. The molecule has 116 valence electrons. The average Bonchev–Trinajstić information content (AvgIpc) is 3.00. The van der Waals surface area contributed by atoms with Crippen LogP contribution in [0.4, 0.5) is 4.79 Å². The van der Waals surface area contributed by atoms with Gasteiger partial charge < -0.3 is 15.0 Å². The Morgan fingerprint density at radius 1 is 1.52 bits per heavy atom. The fourth-order valence-electron chi connectivity index (χ4n) is 2.80. The van der Waals surface area contributed by atoms with E-state index in [0.29, 0.717) is 12.6 Å². The molecule has 0 aromatic carbocycles. The topological polar surface area (TPSA) is 57.7 Å². The minimum atomic E-state index is 0.00581. The number of hydrogen-bond acceptors (Lipinski definition) is 5. The summed E-state index contributed by atoms with van der Waals surface area (Å²) in [5, 5.41) is 6.11.